The van der Waals surface area contributed by atoms with Gasteiger partial charge in [0.1, 0.15) is 0 Å². The van der Waals surface area contributed by atoms with E-state index in [1.807, 2.05) is 0 Å². The molecule has 0 saturated carbocycles. The van der Waals surface area contributed by atoms with Crippen molar-refractivity contribution >= 4 is 17.5 Å². The number of anilines is 1. The van der Waals surface area contributed by atoms with Crippen molar-refractivity contribution in [1.29, 1.82) is 0 Å². The molecule has 1 saturated heterocycles. The Morgan fingerprint density at radius 3 is 3.05 bits per heavy atom. The molecule has 0 radical (unpaired) electrons. The summed E-state index contributed by atoms with van der Waals surface area (Å²) < 4.78 is 6.56. The summed E-state index contributed by atoms with van der Waals surface area (Å²) in [7, 11) is 3.42. The number of hydrogen-bond acceptors (Lipinski definition) is 4. The number of ether oxygens (including phenoxy) is 1. The molecule has 0 spiro atoms. The first-order valence-corrected chi connectivity index (χ1v) is 6.67. The molecule has 7 nitrogen and oxygen atoms in total. The van der Waals surface area contributed by atoms with Crippen molar-refractivity contribution in [3.63, 3.8) is 0 Å². The third-order valence-corrected chi connectivity index (χ3v) is 3.32. The highest BCUT2D eigenvalue weighted by Gasteiger charge is 2.35. The fraction of sp³-hybridized carbons (Fsp3) is 0.615. The average molecular weight is 280 g/mol. The highest BCUT2D eigenvalue weighted by molar-refractivity contribution is 6.00. The van der Waals surface area contributed by atoms with Crippen LogP contribution in [-0.2, 0) is 21.4 Å². The lowest BCUT2D eigenvalue weighted by Gasteiger charge is -2.14. The monoisotopic (exact) mass is 280 g/mol. The summed E-state index contributed by atoms with van der Waals surface area (Å²) >= 11 is 0. The molecule has 110 valence electrons. The van der Waals surface area contributed by atoms with Crippen LogP contribution in [0.3, 0.4) is 0 Å². The van der Waals surface area contributed by atoms with E-state index < -0.39 is 0 Å². The van der Waals surface area contributed by atoms with E-state index >= 15 is 0 Å². The highest BCUT2D eigenvalue weighted by atomic mass is 16.5. The smallest absolute Gasteiger partial charge is 0.227 e. The van der Waals surface area contributed by atoms with Gasteiger partial charge in [-0.15, -0.1) is 0 Å². The second-order valence-electron chi connectivity index (χ2n) is 4.91. The van der Waals surface area contributed by atoms with Crippen molar-refractivity contribution in [1.82, 2.24) is 15.1 Å². The predicted molar refractivity (Wildman–Crippen MR) is 73.2 cm³/mol. The molecule has 1 unspecified atom stereocenters. The summed E-state index contributed by atoms with van der Waals surface area (Å²) in [5.74, 6) is -0.388. The van der Waals surface area contributed by atoms with Gasteiger partial charge in [-0.3, -0.25) is 14.3 Å². The Kier molecular flexibility index (Phi) is 4.73. The van der Waals surface area contributed by atoms with Crippen LogP contribution in [0.2, 0.25) is 0 Å². The third kappa shape index (κ3) is 3.36. The van der Waals surface area contributed by atoms with Gasteiger partial charge in [-0.05, 0) is 6.42 Å². The number of nitrogens with zero attached hydrogens (tertiary/aromatic N) is 3. The number of carbonyl (C=O) groups is 2. The van der Waals surface area contributed by atoms with Crippen LogP contribution < -0.4 is 10.2 Å². The molecule has 0 bridgehead atoms. The molecule has 1 atom stereocenters. The van der Waals surface area contributed by atoms with E-state index in [2.05, 4.69) is 10.4 Å². The maximum Gasteiger partial charge on any atom is 0.227 e. The number of carbonyl (C=O) groups excluding carboxylic acids is 2. The van der Waals surface area contributed by atoms with E-state index in [1.165, 1.54) is 0 Å². The number of hydrogen-bond donors (Lipinski definition) is 1. The van der Waals surface area contributed by atoms with Gasteiger partial charge in [-0.1, -0.05) is 0 Å². The van der Waals surface area contributed by atoms with E-state index in [9.17, 15) is 9.59 Å². The molecule has 1 N–H and O–H groups in total. The maximum atomic E-state index is 12.0. The van der Waals surface area contributed by atoms with Crippen molar-refractivity contribution in [2.75, 3.05) is 31.7 Å². The molecule has 0 aromatic carbocycles. The van der Waals surface area contributed by atoms with Gasteiger partial charge in [0.05, 0.1) is 17.8 Å². The number of aryl methyl sites for hydroxylation is 1. The van der Waals surface area contributed by atoms with Crippen LogP contribution in [0.5, 0.6) is 0 Å². The van der Waals surface area contributed by atoms with Crippen molar-refractivity contribution < 1.29 is 14.3 Å². The predicted octanol–water partition coefficient (Wildman–Crippen LogP) is -0.0743. The summed E-state index contributed by atoms with van der Waals surface area (Å²) in [6, 6.07) is 0. The van der Waals surface area contributed by atoms with E-state index in [-0.39, 0.29) is 24.2 Å². The lowest BCUT2D eigenvalue weighted by molar-refractivity contribution is -0.126. The SMILES string of the molecule is COCCCNC(=O)C1CC(=O)N(c2cnn(C)c2)C1. The van der Waals surface area contributed by atoms with Gasteiger partial charge < -0.3 is 15.0 Å². The van der Waals surface area contributed by atoms with Gasteiger partial charge in [0.15, 0.2) is 0 Å². The second-order valence-corrected chi connectivity index (χ2v) is 4.91. The standard InChI is InChI=1S/C13H20N4O3/c1-16-9-11(7-15-16)17-8-10(6-12(17)18)13(19)14-4-3-5-20-2/h7,9-10H,3-6,8H2,1-2H3,(H,14,19). The molecule has 1 aliphatic rings. The largest absolute Gasteiger partial charge is 0.385 e. The van der Waals surface area contributed by atoms with Crippen molar-refractivity contribution in [3.05, 3.63) is 12.4 Å². The molecule has 1 aromatic rings. The fourth-order valence-electron chi connectivity index (χ4n) is 2.25. The fourth-order valence-corrected chi connectivity index (χ4v) is 2.25. The Morgan fingerprint density at radius 2 is 2.40 bits per heavy atom. The minimum atomic E-state index is -0.287. The average Bonchev–Trinajstić information content (AvgIpc) is 3.00. The van der Waals surface area contributed by atoms with Crippen LogP contribution >= 0.6 is 0 Å². The van der Waals surface area contributed by atoms with Crippen molar-refractivity contribution in [2.45, 2.75) is 12.8 Å². The van der Waals surface area contributed by atoms with Crippen molar-refractivity contribution in [3.8, 4) is 0 Å². The lowest BCUT2D eigenvalue weighted by atomic mass is 10.1. The zero-order valence-electron chi connectivity index (χ0n) is 11.8. The van der Waals surface area contributed by atoms with Crippen LogP contribution in [0.15, 0.2) is 12.4 Å². The molecule has 2 heterocycles. The molecule has 2 rings (SSSR count). The first-order valence-electron chi connectivity index (χ1n) is 6.67. The topological polar surface area (TPSA) is 76.5 Å². The van der Waals surface area contributed by atoms with Crippen LogP contribution in [0, 0.1) is 5.92 Å². The molecule has 7 heteroatoms. The van der Waals surface area contributed by atoms with Crippen LogP contribution in [0.1, 0.15) is 12.8 Å². The zero-order chi connectivity index (χ0) is 14.5. The van der Waals surface area contributed by atoms with Gasteiger partial charge in [-0.2, -0.15) is 5.10 Å². The molecule has 1 aliphatic heterocycles. The third-order valence-electron chi connectivity index (χ3n) is 3.32. The number of aromatic nitrogens is 2. The molecule has 2 amide bonds. The van der Waals surface area contributed by atoms with Crippen molar-refractivity contribution in [2.24, 2.45) is 13.0 Å². The van der Waals surface area contributed by atoms with Gasteiger partial charge in [0.25, 0.3) is 0 Å². The van der Waals surface area contributed by atoms with Crippen LogP contribution in [0.25, 0.3) is 0 Å². The molecule has 1 fully saturated rings. The molecule has 1 aromatic heterocycles. The quantitative estimate of drug-likeness (QED) is 0.740. The number of nitrogens with one attached hydrogen (secondary N) is 1. The van der Waals surface area contributed by atoms with Gasteiger partial charge >= 0.3 is 0 Å². The summed E-state index contributed by atoms with van der Waals surface area (Å²) in [5.41, 5.74) is 0.743. The molecular formula is C13H20N4O3. The summed E-state index contributed by atoms with van der Waals surface area (Å²) in [5, 5.41) is 6.88. The highest BCUT2D eigenvalue weighted by Crippen LogP contribution is 2.24. The number of rotatable bonds is 6. The number of amides is 2. The Hall–Kier alpha value is -1.89. The van der Waals surface area contributed by atoms with Crippen LogP contribution in [0.4, 0.5) is 5.69 Å². The lowest BCUT2D eigenvalue weighted by Crippen LogP contribution is -2.33. The molecular weight excluding hydrogens is 260 g/mol. The van der Waals surface area contributed by atoms with E-state index in [0.717, 1.165) is 12.1 Å². The summed E-state index contributed by atoms with van der Waals surface area (Å²) in [6.45, 7) is 1.61. The van der Waals surface area contributed by atoms with Gasteiger partial charge in [0.2, 0.25) is 11.8 Å². The minimum absolute atomic E-state index is 0.0324. The van der Waals surface area contributed by atoms with E-state index in [4.69, 9.17) is 4.74 Å². The Balaban J connectivity index is 1.87. The zero-order valence-corrected chi connectivity index (χ0v) is 11.8. The second kappa shape index (κ2) is 6.51. The van der Waals surface area contributed by atoms with Gasteiger partial charge in [0, 0.05) is 46.5 Å². The molecule has 20 heavy (non-hydrogen) atoms. The van der Waals surface area contributed by atoms with Crippen LogP contribution in [-0.4, -0.2) is 48.4 Å². The van der Waals surface area contributed by atoms with E-state index in [0.29, 0.717) is 19.7 Å². The summed E-state index contributed by atoms with van der Waals surface area (Å²) in [6.07, 6.45) is 4.44. The summed E-state index contributed by atoms with van der Waals surface area (Å²) in [4.78, 5) is 25.6. The van der Waals surface area contributed by atoms with Gasteiger partial charge in [-0.25, -0.2) is 0 Å². The molecule has 0 aliphatic carbocycles. The Bertz CT molecular complexity index is 486. The van der Waals surface area contributed by atoms with E-state index in [1.54, 1.807) is 36.1 Å². The Morgan fingerprint density at radius 1 is 1.60 bits per heavy atom. The number of methoxy groups -OCH3 is 1. The maximum absolute atomic E-state index is 12.0. The minimum Gasteiger partial charge on any atom is -0.385 e. The Labute approximate surface area is 117 Å². The normalized spacial score (nSPS) is 18.6. The first kappa shape index (κ1) is 14.5. The first-order chi connectivity index (χ1) is 9.61.